The minimum absolute atomic E-state index is 0.162. The van der Waals surface area contributed by atoms with Crippen molar-refractivity contribution in [3.63, 3.8) is 0 Å². The minimum Gasteiger partial charge on any atom is -0.383 e. The van der Waals surface area contributed by atoms with Gasteiger partial charge in [0.1, 0.15) is 0 Å². The number of methoxy groups -OCH3 is 1. The van der Waals surface area contributed by atoms with E-state index < -0.39 is 0 Å². The van der Waals surface area contributed by atoms with E-state index in [9.17, 15) is 9.59 Å². The van der Waals surface area contributed by atoms with Crippen LogP contribution in [0.25, 0.3) is 10.8 Å². The molecule has 0 aliphatic rings. The van der Waals surface area contributed by atoms with Gasteiger partial charge in [0.2, 0.25) is 0 Å². The SMILES string of the molecule is COCCn1nc(CNC(=O)c2cc(Br)ccc2Cl)c2ccccc2c1=O. The predicted octanol–water partition coefficient (Wildman–Crippen LogP) is 3.39. The number of amides is 1. The molecule has 0 aliphatic carbocycles. The first-order valence-electron chi connectivity index (χ1n) is 8.22. The van der Waals surface area contributed by atoms with Crippen LogP contribution in [-0.2, 0) is 17.8 Å². The van der Waals surface area contributed by atoms with Gasteiger partial charge >= 0.3 is 0 Å². The van der Waals surface area contributed by atoms with Crippen molar-refractivity contribution in [1.82, 2.24) is 15.1 Å². The zero-order valence-corrected chi connectivity index (χ0v) is 16.9. The van der Waals surface area contributed by atoms with Crippen LogP contribution in [-0.4, -0.2) is 29.4 Å². The van der Waals surface area contributed by atoms with Gasteiger partial charge in [-0.05, 0) is 24.3 Å². The Morgan fingerprint density at radius 3 is 2.74 bits per heavy atom. The van der Waals surface area contributed by atoms with Gasteiger partial charge in [-0.3, -0.25) is 9.59 Å². The van der Waals surface area contributed by atoms with E-state index in [2.05, 4.69) is 26.3 Å². The molecule has 0 radical (unpaired) electrons. The summed E-state index contributed by atoms with van der Waals surface area (Å²) in [4.78, 5) is 25.1. The first-order chi connectivity index (χ1) is 13.0. The number of rotatable bonds is 6. The van der Waals surface area contributed by atoms with Crippen LogP contribution in [0.4, 0.5) is 0 Å². The molecule has 3 aromatic rings. The van der Waals surface area contributed by atoms with E-state index in [-0.39, 0.29) is 18.0 Å². The molecule has 0 atom stereocenters. The zero-order valence-electron chi connectivity index (χ0n) is 14.5. The van der Waals surface area contributed by atoms with E-state index in [4.69, 9.17) is 16.3 Å². The fourth-order valence-electron chi connectivity index (χ4n) is 2.70. The van der Waals surface area contributed by atoms with Gasteiger partial charge in [0.15, 0.2) is 0 Å². The third-order valence-electron chi connectivity index (χ3n) is 4.04. The molecule has 0 saturated heterocycles. The smallest absolute Gasteiger partial charge is 0.274 e. The van der Waals surface area contributed by atoms with Crippen LogP contribution in [0.15, 0.2) is 51.7 Å². The van der Waals surface area contributed by atoms with Crippen molar-refractivity contribution in [3.05, 3.63) is 73.6 Å². The lowest BCUT2D eigenvalue weighted by atomic mass is 10.1. The Kier molecular flexibility index (Phi) is 6.26. The molecular formula is C19H17BrClN3O3. The highest BCUT2D eigenvalue weighted by Crippen LogP contribution is 2.21. The number of ether oxygens (including phenoxy) is 1. The number of hydrogen-bond acceptors (Lipinski definition) is 4. The number of carbonyl (C=O) groups excluding carboxylic acids is 1. The summed E-state index contributed by atoms with van der Waals surface area (Å²) in [6.45, 7) is 0.860. The number of nitrogens with one attached hydrogen (secondary N) is 1. The molecule has 6 nitrogen and oxygen atoms in total. The van der Waals surface area contributed by atoms with Crippen LogP contribution in [0.5, 0.6) is 0 Å². The molecule has 0 saturated carbocycles. The number of hydrogen-bond donors (Lipinski definition) is 1. The summed E-state index contributed by atoms with van der Waals surface area (Å²) < 4.78 is 7.16. The third kappa shape index (κ3) is 4.37. The van der Waals surface area contributed by atoms with Gasteiger partial charge in [0.25, 0.3) is 11.5 Å². The maximum Gasteiger partial charge on any atom is 0.274 e. The molecule has 0 fully saturated rings. The van der Waals surface area contributed by atoms with Gasteiger partial charge < -0.3 is 10.1 Å². The summed E-state index contributed by atoms with van der Waals surface area (Å²) in [5, 5.41) is 8.85. The van der Waals surface area contributed by atoms with E-state index in [1.807, 2.05) is 12.1 Å². The highest BCUT2D eigenvalue weighted by molar-refractivity contribution is 9.10. The fourth-order valence-corrected chi connectivity index (χ4v) is 3.26. The second-order valence-corrected chi connectivity index (χ2v) is 7.14. The standard InChI is InChI=1S/C19H17BrClN3O3/c1-27-9-8-24-19(26)14-5-3-2-4-13(14)17(23-24)11-22-18(25)15-10-12(20)6-7-16(15)21/h2-7,10H,8-9,11H2,1H3,(H,22,25). The van der Waals surface area contributed by atoms with Gasteiger partial charge in [-0.2, -0.15) is 5.10 Å². The second kappa shape index (κ2) is 8.65. The van der Waals surface area contributed by atoms with E-state index in [1.165, 1.54) is 4.68 Å². The number of carbonyl (C=O) groups is 1. The predicted molar refractivity (Wildman–Crippen MR) is 108 cm³/mol. The summed E-state index contributed by atoms with van der Waals surface area (Å²) in [6, 6.07) is 12.3. The molecule has 3 rings (SSSR count). The summed E-state index contributed by atoms with van der Waals surface area (Å²) >= 11 is 9.45. The average Bonchev–Trinajstić information content (AvgIpc) is 2.68. The van der Waals surface area contributed by atoms with Crippen molar-refractivity contribution in [1.29, 1.82) is 0 Å². The van der Waals surface area contributed by atoms with Gasteiger partial charge in [0, 0.05) is 17.0 Å². The largest absolute Gasteiger partial charge is 0.383 e. The topological polar surface area (TPSA) is 73.2 Å². The van der Waals surface area contributed by atoms with E-state index in [1.54, 1.807) is 37.4 Å². The number of benzene rings is 2. The zero-order chi connectivity index (χ0) is 19.4. The molecule has 0 unspecified atom stereocenters. The van der Waals surface area contributed by atoms with Gasteiger partial charge in [-0.25, -0.2) is 4.68 Å². The van der Waals surface area contributed by atoms with Gasteiger partial charge in [0.05, 0.1) is 41.4 Å². The highest BCUT2D eigenvalue weighted by Gasteiger charge is 2.14. The molecule has 0 aliphatic heterocycles. The Morgan fingerprint density at radius 1 is 1.26 bits per heavy atom. The lowest BCUT2D eigenvalue weighted by Crippen LogP contribution is -2.29. The maximum atomic E-state index is 12.6. The highest BCUT2D eigenvalue weighted by atomic mass is 79.9. The molecule has 0 spiro atoms. The Morgan fingerprint density at radius 2 is 2.00 bits per heavy atom. The molecule has 1 aromatic heterocycles. The lowest BCUT2D eigenvalue weighted by Gasteiger charge is -2.12. The van der Waals surface area contributed by atoms with E-state index >= 15 is 0 Å². The Labute approximate surface area is 169 Å². The molecule has 2 aromatic carbocycles. The van der Waals surface area contributed by atoms with Crippen LogP contribution in [0.2, 0.25) is 5.02 Å². The molecule has 140 valence electrons. The number of halogens is 2. The summed E-state index contributed by atoms with van der Waals surface area (Å²) in [7, 11) is 1.56. The first kappa shape index (κ1) is 19.5. The van der Waals surface area contributed by atoms with Crippen molar-refractivity contribution in [2.75, 3.05) is 13.7 Å². The van der Waals surface area contributed by atoms with E-state index in [0.717, 1.165) is 4.47 Å². The molecular weight excluding hydrogens is 434 g/mol. The lowest BCUT2D eigenvalue weighted by molar-refractivity contribution is 0.0950. The molecule has 27 heavy (non-hydrogen) atoms. The van der Waals surface area contributed by atoms with Crippen molar-refractivity contribution in [3.8, 4) is 0 Å². The Bertz CT molecular complexity index is 1050. The molecule has 1 amide bonds. The summed E-state index contributed by atoms with van der Waals surface area (Å²) in [5.41, 5.74) is 0.775. The molecule has 1 heterocycles. The maximum absolute atomic E-state index is 12.6. The third-order valence-corrected chi connectivity index (χ3v) is 4.86. The number of fused-ring (bicyclic) bond motifs is 1. The molecule has 0 bridgehead atoms. The Hall–Kier alpha value is -2.22. The van der Waals surface area contributed by atoms with Gasteiger partial charge in [-0.15, -0.1) is 0 Å². The quantitative estimate of drug-likeness (QED) is 0.625. The summed E-state index contributed by atoms with van der Waals surface area (Å²) in [6.07, 6.45) is 0. The first-order valence-corrected chi connectivity index (χ1v) is 9.39. The minimum atomic E-state index is -0.318. The van der Waals surface area contributed by atoms with Crippen LogP contribution >= 0.6 is 27.5 Å². The van der Waals surface area contributed by atoms with Crippen LogP contribution in [0, 0.1) is 0 Å². The van der Waals surface area contributed by atoms with Gasteiger partial charge in [-0.1, -0.05) is 45.7 Å². The monoisotopic (exact) mass is 449 g/mol. The average molecular weight is 451 g/mol. The second-order valence-electron chi connectivity index (χ2n) is 5.82. The van der Waals surface area contributed by atoms with Crippen molar-refractivity contribution in [2.45, 2.75) is 13.1 Å². The van der Waals surface area contributed by atoms with Crippen molar-refractivity contribution < 1.29 is 9.53 Å². The van der Waals surface area contributed by atoms with Crippen molar-refractivity contribution in [2.24, 2.45) is 0 Å². The normalized spacial score (nSPS) is 10.9. The number of nitrogens with zero attached hydrogens (tertiary/aromatic N) is 2. The molecule has 1 N–H and O–H groups in total. The van der Waals surface area contributed by atoms with Crippen LogP contribution < -0.4 is 10.9 Å². The fraction of sp³-hybridized carbons (Fsp3) is 0.211. The molecule has 8 heteroatoms. The summed E-state index contributed by atoms with van der Waals surface area (Å²) in [5.74, 6) is -0.318. The Balaban J connectivity index is 1.92. The van der Waals surface area contributed by atoms with E-state index in [0.29, 0.717) is 40.2 Å². The number of aromatic nitrogens is 2. The van der Waals surface area contributed by atoms with Crippen LogP contribution in [0.1, 0.15) is 16.1 Å². The van der Waals surface area contributed by atoms with Crippen LogP contribution in [0.3, 0.4) is 0 Å². The van der Waals surface area contributed by atoms with Crippen molar-refractivity contribution >= 4 is 44.2 Å².